The van der Waals surface area contributed by atoms with E-state index >= 15 is 0 Å². The van der Waals surface area contributed by atoms with Crippen molar-refractivity contribution in [3.8, 4) is 0 Å². The van der Waals surface area contributed by atoms with Crippen LogP contribution >= 0.6 is 0 Å². The van der Waals surface area contributed by atoms with Crippen LogP contribution in [0.15, 0.2) is 48.5 Å². The SMILES string of the molecule is CC(C)C[C@H](NC(=O)N1CCN(C)CC1)C(=O)NCCCC(c1ccc(F)cc1)c1ccc(F)cc1. The van der Waals surface area contributed by atoms with Crippen LogP contribution in [0.5, 0.6) is 0 Å². The van der Waals surface area contributed by atoms with E-state index < -0.39 is 6.04 Å². The zero-order valence-electron chi connectivity index (χ0n) is 21.5. The highest BCUT2D eigenvalue weighted by Crippen LogP contribution is 2.29. The fourth-order valence-corrected chi connectivity index (χ4v) is 4.51. The van der Waals surface area contributed by atoms with Gasteiger partial charge in [-0.1, -0.05) is 38.1 Å². The predicted octanol–water partition coefficient (Wildman–Crippen LogP) is 4.36. The van der Waals surface area contributed by atoms with E-state index in [9.17, 15) is 18.4 Å². The summed E-state index contributed by atoms with van der Waals surface area (Å²) in [6.45, 7) is 7.42. The van der Waals surface area contributed by atoms with Gasteiger partial charge in [0.15, 0.2) is 0 Å². The van der Waals surface area contributed by atoms with Crippen molar-refractivity contribution in [2.24, 2.45) is 5.92 Å². The zero-order chi connectivity index (χ0) is 26.1. The van der Waals surface area contributed by atoms with Crippen LogP contribution in [0, 0.1) is 17.6 Å². The highest BCUT2D eigenvalue weighted by molar-refractivity contribution is 5.87. The smallest absolute Gasteiger partial charge is 0.318 e. The first kappa shape index (κ1) is 27.6. The molecule has 1 atom stereocenters. The topological polar surface area (TPSA) is 64.7 Å². The summed E-state index contributed by atoms with van der Waals surface area (Å²) in [6.07, 6.45) is 1.92. The zero-order valence-corrected chi connectivity index (χ0v) is 21.5. The number of nitrogens with zero attached hydrogens (tertiary/aromatic N) is 2. The minimum atomic E-state index is -0.595. The predicted molar refractivity (Wildman–Crippen MR) is 138 cm³/mol. The number of benzene rings is 2. The average Bonchev–Trinajstić information content (AvgIpc) is 2.85. The molecule has 2 aromatic carbocycles. The summed E-state index contributed by atoms with van der Waals surface area (Å²) in [6, 6.07) is 11.9. The molecule has 0 unspecified atom stereocenters. The number of rotatable bonds is 10. The van der Waals surface area contributed by atoms with Crippen LogP contribution in [0.1, 0.15) is 50.2 Å². The third-order valence-corrected chi connectivity index (χ3v) is 6.63. The molecule has 2 N–H and O–H groups in total. The standard InChI is InChI=1S/C28H38F2N4O2/c1-20(2)19-26(32-28(36)34-17-15-33(3)16-18-34)27(35)31-14-4-5-25(21-6-10-23(29)11-7-21)22-8-12-24(30)13-9-22/h6-13,20,25-26H,4-5,14-19H2,1-3H3,(H,31,35)(H,32,36)/t26-/m0/s1. The minimum Gasteiger partial charge on any atom is -0.354 e. The number of nitrogens with one attached hydrogen (secondary N) is 2. The molecule has 0 bridgehead atoms. The van der Waals surface area contributed by atoms with Gasteiger partial charge in [-0.25, -0.2) is 13.6 Å². The number of piperazine rings is 1. The molecule has 0 saturated carbocycles. The quantitative estimate of drug-likeness (QED) is 0.477. The van der Waals surface area contributed by atoms with Gasteiger partial charge in [0.25, 0.3) is 0 Å². The van der Waals surface area contributed by atoms with Crippen molar-refractivity contribution in [3.63, 3.8) is 0 Å². The monoisotopic (exact) mass is 500 g/mol. The molecule has 0 spiro atoms. The molecule has 196 valence electrons. The van der Waals surface area contributed by atoms with Crippen LogP contribution < -0.4 is 10.6 Å². The lowest BCUT2D eigenvalue weighted by atomic mass is 9.87. The van der Waals surface area contributed by atoms with Crippen molar-refractivity contribution in [2.75, 3.05) is 39.8 Å². The normalized spacial score (nSPS) is 15.2. The van der Waals surface area contributed by atoms with Crippen molar-refractivity contribution in [1.29, 1.82) is 0 Å². The van der Waals surface area contributed by atoms with Crippen LogP contribution in [-0.2, 0) is 4.79 Å². The van der Waals surface area contributed by atoms with Crippen LogP contribution in [0.3, 0.4) is 0 Å². The number of amides is 3. The number of halogens is 2. The van der Waals surface area contributed by atoms with Crippen LogP contribution in [0.4, 0.5) is 13.6 Å². The van der Waals surface area contributed by atoms with Gasteiger partial charge in [-0.3, -0.25) is 4.79 Å². The van der Waals surface area contributed by atoms with Crippen molar-refractivity contribution in [2.45, 2.75) is 45.1 Å². The Bertz CT molecular complexity index is 929. The van der Waals surface area contributed by atoms with Gasteiger partial charge in [-0.15, -0.1) is 0 Å². The lowest BCUT2D eigenvalue weighted by Crippen LogP contribution is -2.55. The molecule has 6 nitrogen and oxygen atoms in total. The van der Waals surface area contributed by atoms with Crippen molar-refractivity contribution >= 4 is 11.9 Å². The molecule has 0 aromatic heterocycles. The molecule has 3 amide bonds. The Morgan fingerprint density at radius 1 is 0.889 bits per heavy atom. The Morgan fingerprint density at radius 2 is 1.42 bits per heavy atom. The number of carbonyl (C=O) groups excluding carboxylic acids is 2. The van der Waals surface area contributed by atoms with E-state index in [-0.39, 0.29) is 35.4 Å². The third kappa shape index (κ3) is 8.29. The molecule has 1 saturated heterocycles. The van der Waals surface area contributed by atoms with Gasteiger partial charge in [0.05, 0.1) is 0 Å². The lowest BCUT2D eigenvalue weighted by molar-refractivity contribution is -0.123. The number of urea groups is 1. The van der Waals surface area contributed by atoms with Gasteiger partial charge < -0.3 is 20.4 Å². The second-order valence-electron chi connectivity index (χ2n) is 10.0. The van der Waals surface area contributed by atoms with E-state index in [1.54, 1.807) is 29.2 Å². The molecule has 36 heavy (non-hydrogen) atoms. The number of carbonyl (C=O) groups is 2. The van der Waals surface area contributed by atoms with Gasteiger partial charge in [-0.2, -0.15) is 0 Å². The van der Waals surface area contributed by atoms with Gasteiger partial charge in [0.2, 0.25) is 5.91 Å². The summed E-state index contributed by atoms with van der Waals surface area (Å²) in [5.74, 6) is -0.606. The molecular weight excluding hydrogens is 462 g/mol. The number of hydrogen-bond acceptors (Lipinski definition) is 3. The fourth-order valence-electron chi connectivity index (χ4n) is 4.51. The summed E-state index contributed by atoms with van der Waals surface area (Å²) in [5.41, 5.74) is 1.87. The van der Waals surface area contributed by atoms with E-state index in [2.05, 4.69) is 15.5 Å². The van der Waals surface area contributed by atoms with E-state index in [4.69, 9.17) is 0 Å². The van der Waals surface area contributed by atoms with E-state index in [1.807, 2.05) is 20.9 Å². The summed E-state index contributed by atoms with van der Waals surface area (Å²) < 4.78 is 26.9. The van der Waals surface area contributed by atoms with Crippen molar-refractivity contribution < 1.29 is 18.4 Å². The fraction of sp³-hybridized carbons (Fsp3) is 0.500. The Kier molecular flexibility index (Phi) is 10.2. The molecule has 1 aliphatic heterocycles. The Hall–Kier alpha value is -3.00. The van der Waals surface area contributed by atoms with Gasteiger partial charge in [0, 0.05) is 38.6 Å². The van der Waals surface area contributed by atoms with Gasteiger partial charge >= 0.3 is 6.03 Å². The maximum atomic E-state index is 13.5. The molecule has 1 heterocycles. The molecule has 1 aliphatic rings. The summed E-state index contributed by atoms with van der Waals surface area (Å²) in [5, 5.41) is 5.91. The molecule has 2 aromatic rings. The second kappa shape index (κ2) is 13.3. The first-order valence-corrected chi connectivity index (χ1v) is 12.8. The Morgan fingerprint density at radius 3 is 1.92 bits per heavy atom. The van der Waals surface area contributed by atoms with Crippen LogP contribution in [0.2, 0.25) is 0 Å². The molecule has 1 fully saturated rings. The van der Waals surface area contributed by atoms with Crippen LogP contribution in [0.25, 0.3) is 0 Å². The summed E-state index contributed by atoms with van der Waals surface area (Å²) in [7, 11) is 2.03. The van der Waals surface area contributed by atoms with E-state index in [1.165, 1.54) is 24.3 Å². The molecule has 8 heteroatoms. The van der Waals surface area contributed by atoms with E-state index in [0.717, 1.165) is 24.2 Å². The van der Waals surface area contributed by atoms with Gasteiger partial charge in [-0.05, 0) is 67.6 Å². The lowest BCUT2D eigenvalue weighted by Gasteiger charge is -2.33. The Balaban J connectivity index is 1.57. The first-order chi connectivity index (χ1) is 17.2. The summed E-state index contributed by atoms with van der Waals surface area (Å²) >= 11 is 0. The average molecular weight is 501 g/mol. The molecule has 3 rings (SSSR count). The second-order valence-corrected chi connectivity index (χ2v) is 10.0. The first-order valence-electron chi connectivity index (χ1n) is 12.8. The highest BCUT2D eigenvalue weighted by Gasteiger charge is 2.26. The molecule has 0 aliphatic carbocycles. The largest absolute Gasteiger partial charge is 0.354 e. The van der Waals surface area contributed by atoms with Gasteiger partial charge in [0.1, 0.15) is 17.7 Å². The molecule has 0 radical (unpaired) electrons. The Labute approximate surface area is 213 Å². The number of hydrogen-bond donors (Lipinski definition) is 2. The summed E-state index contributed by atoms with van der Waals surface area (Å²) in [4.78, 5) is 29.7. The van der Waals surface area contributed by atoms with Crippen molar-refractivity contribution in [3.05, 3.63) is 71.3 Å². The molecular formula is C28H38F2N4O2. The maximum Gasteiger partial charge on any atom is 0.318 e. The minimum absolute atomic E-state index is 0.0495. The van der Waals surface area contributed by atoms with Crippen LogP contribution in [-0.4, -0.2) is 67.6 Å². The third-order valence-electron chi connectivity index (χ3n) is 6.63. The maximum absolute atomic E-state index is 13.5. The number of likely N-dealkylation sites (N-methyl/N-ethyl adjacent to an activating group) is 1. The van der Waals surface area contributed by atoms with E-state index in [0.29, 0.717) is 38.9 Å². The van der Waals surface area contributed by atoms with Crippen molar-refractivity contribution in [1.82, 2.24) is 20.4 Å². The highest BCUT2D eigenvalue weighted by atomic mass is 19.1.